The molecule has 2 nitrogen and oxygen atoms in total. The number of hydrogen-bond donors (Lipinski definition) is 0. The molecule has 0 bridgehead atoms. The van der Waals surface area contributed by atoms with Gasteiger partial charge in [-0.2, -0.15) is 0 Å². The van der Waals surface area contributed by atoms with Crippen molar-refractivity contribution in [3.05, 3.63) is 0 Å². The Bertz CT molecular complexity index is 198. The van der Waals surface area contributed by atoms with E-state index in [1.54, 1.807) is 0 Å². The average Bonchev–Trinajstić information content (AvgIpc) is 2.28. The molecule has 0 unspecified atom stereocenters. The van der Waals surface area contributed by atoms with Gasteiger partial charge in [-0.15, -0.1) is 0 Å². The van der Waals surface area contributed by atoms with Crippen LogP contribution in [0, 0.1) is 5.41 Å². The highest BCUT2D eigenvalue weighted by molar-refractivity contribution is 9.09. The molecule has 15 heavy (non-hydrogen) atoms. The lowest BCUT2D eigenvalue weighted by Gasteiger charge is -2.34. The molecule has 3 heteroatoms. The Morgan fingerprint density at radius 3 is 2.53 bits per heavy atom. The third kappa shape index (κ3) is 3.47. The minimum atomic E-state index is -0.151. The van der Waals surface area contributed by atoms with Crippen molar-refractivity contribution >= 4 is 21.9 Å². The van der Waals surface area contributed by atoms with Crippen molar-refractivity contribution in [2.75, 3.05) is 11.9 Å². The van der Waals surface area contributed by atoms with Crippen molar-refractivity contribution in [3.63, 3.8) is 0 Å². The Labute approximate surface area is 101 Å². The summed E-state index contributed by atoms with van der Waals surface area (Å²) in [5.74, 6) is 0.0469. The zero-order chi connectivity index (χ0) is 11.1. The van der Waals surface area contributed by atoms with Crippen LogP contribution in [0.3, 0.4) is 0 Å². The van der Waals surface area contributed by atoms with Gasteiger partial charge in [0.25, 0.3) is 0 Å². The molecular weight excluding hydrogens is 256 g/mol. The molecule has 0 saturated heterocycles. The Kier molecular flexibility index (Phi) is 5.65. The molecule has 0 atom stereocenters. The number of ether oxygens (including phenoxy) is 1. The lowest BCUT2D eigenvalue weighted by Crippen LogP contribution is -2.35. The summed E-state index contributed by atoms with van der Waals surface area (Å²) in [6.45, 7) is 2.40. The molecule has 1 aliphatic carbocycles. The molecule has 0 spiro atoms. The second-order valence-electron chi connectivity index (χ2n) is 4.35. The first-order chi connectivity index (χ1) is 7.25. The molecule has 0 aromatic heterocycles. The van der Waals surface area contributed by atoms with E-state index in [2.05, 4.69) is 15.9 Å². The SMILES string of the molecule is CCOC(=O)C1(CCCBr)CCCCC1. The molecular formula is C12H21BrO2. The number of halogens is 1. The van der Waals surface area contributed by atoms with Gasteiger partial charge < -0.3 is 4.74 Å². The average molecular weight is 277 g/mol. The minimum Gasteiger partial charge on any atom is -0.466 e. The molecule has 1 aliphatic rings. The zero-order valence-corrected chi connectivity index (χ0v) is 11.1. The fourth-order valence-electron chi connectivity index (χ4n) is 2.47. The minimum absolute atomic E-state index is 0.0469. The highest BCUT2D eigenvalue weighted by Crippen LogP contribution is 2.41. The summed E-state index contributed by atoms with van der Waals surface area (Å²) in [6.07, 6.45) is 7.74. The highest BCUT2D eigenvalue weighted by Gasteiger charge is 2.39. The van der Waals surface area contributed by atoms with Crippen LogP contribution in [0.25, 0.3) is 0 Å². The first-order valence-corrected chi connectivity index (χ1v) is 7.10. The maximum atomic E-state index is 12.0. The number of hydrogen-bond acceptors (Lipinski definition) is 2. The lowest BCUT2D eigenvalue weighted by molar-refractivity contribution is -0.158. The Morgan fingerprint density at radius 1 is 1.33 bits per heavy atom. The molecule has 0 N–H and O–H groups in total. The van der Waals surface area contributed by atoms with Crippen LogP contribution >= 0.6 is 15.9 Å². The van der Waals surface area contributed by atoms with Crippen molar-refractivity contribution in [2.24, 2.45) is 5.41 Å². The Balaban J connectivity index is 2.61. The zero-order valence-electron chi connectivity index (χ0n) is 9.56. The van der Waals surface area contributed by atoms with Crippen molar-refractivity contribution in [3.8, 4) is 0 Å². The van der Waals surface area contributed by atoms with E-state index >= 15 is 0 Å². The lowest BCUT2D eigenvalue weighted by atomic mass is 9.71. The van der Waals surface area contributed by atoms with Gasteiger partial charge in [0.1, 0.15) is 0 Å². The second kappa shape index (κ2) is 6.51. The van der Waals surface area contributed by atoms with Crippen LogP contribution in [0.15, 0.2) is 0 Å². The molecule has 0 aliphatic heterocycles. The number of carbonyl (C=O) groups excluding carboxylic acids is 1. The van der Waals surface area contributed by atoms with Crippen LogP contribution in [-0.2, 0) is 9.53 Å². The first-order valence-electron chi connectivity index (χ1n) is 5.98. The standard InChI is InChI=1S/C12H21BrO2/c1-2-15-11(14)12(9-6-10-13)7-4-3-5-8-12/h2-10H2,1H3. The number of carbonyl (C=O) groups is 1. The third-order valence-electron chi connectivity index (χ3n) is 3.31. The predicted octanol–water partition coefficient (Wildman–Crippen LogP) is 3.68. The Morgan fingerprint density at radius 2 is 2.00 bits per heavy atom. The number of esters is 1. The molecule has 0 radical (unpaired) electrons. The van der Waals surface area contributed by atoms with Gasteiger partial charge in [0.05, 0.1) is 12.0 Å². The molecule has 0 aromatic rings. The summed E-state index contributed by atoms with van der Waals surface area (Å²) >= 11 is 3.44. The third-order valence-corrected chi connectivity index (χ3v) is 3.87. The van der Waals surface area contributed by atoms with E-state index in [9.17, 15) is 4.79 Å². The van der Waals surface area contributed by atoms with Gasteiger partial charge >= 0.3 is 5.97 Å². The normalized spacial score (nSPS) is 19.9. The number of alkyl halides is 1. The summed E-state index contributed by atoms with van der Waals surface area (Å²) in [5, 5.41) is 0.980. The monoisotopic (exact) mass is 276 g/mol. The van der Waals surface area contributed by atoms with Crippen LogP contribution in [-0.4, -0.2) is 17.9 Å². The number of rotatable bonds is 5. The molecule has 0 heterocycles. The fourth-order valence-corrected chi connectivity index (χ4v) is 2.75. The molecule has 88 valence electrons. The largest absolute Gasteiger partial charge is 0.466 e. The molecule has 0 amide bonds. The van der Waals surface area contributed by atoms with E-state index in [1.165, 1.54) is 19.3 Å². The van der Waals surface area contributed by atoms with Crippen LogP contribution < -0.4 is 0 Å². The van der Waals surface area contributed by atoms with Crippen LogP contribution in [0.2, 0.25) is 0 Å². The van der Waals surface area contributed by atoms with Crippen molar-refractivity contribution < 1.29 is 9.53 Å². The van der Waals surface area contributed by atoms with E-state index in [-0.39, 0.29) is 11.4 Å². The fraction of sp³-hybridized carbons (Fsp3) is 0.917. The van der Waals surface area contributed by atoms with Gasteiger partial charge in [0.2, 0.25) is 0 Å². The van der Waals surface area contributed by atoms with Crippen LogP contribution in [0.5, 0.6) is 0 Å². The topological polar surface area (TPSA) is 26.3 Å². The van der Waals surface area contributed by atoms with Gasteiger partial charge in [0, 0.05) is 5.33 Å². The quantitative estimate of drug-likeness (QED) is 0.566. The molecule has 1 rings (SSSR count). The van der Waals surface area contributed by atoms with Crippen molar-refractivity contribution in [2.45, 2.75) is 51.9 Å². The maximum Gasteiger partial charge on any atom is 0.312 e. The first kappa shape index (κ1) is 13.0. The van der Waals surface area contributed by atoms with Gasteiger partial charge in [0.15, 0.2) is 0 Å². The van der Waals surface area contributed by atoms with Crippen molar-refractivity contribution in [1.29, 1.82) is 0 Å². The summed E-state index contributed by atoms with van der Waals surface area (Å²) < 4.78 is 5.23. The molecule has 1 saturated carbocycles. The van der Waals surface area contributed by atoms with E-state index in [0.717, 1.165) is 31.0 Å². The summed E-state index contributed by atoms with van der Waals surface area (Å²) in [4.78, 5) is 12.0. The van der Waals surface area contributed by atoms with Crippen molar-refractivity contribution in [1.82, 2.24) is 0 Å². The van der Waals surface area contributed by atoms with E-state index in [0.29, 0.717) is 6.61 Å². The predicted molar refractivity (Wildman–Crippen MR) is 65.2 cm³/mol. The van der Waals surface area contributed by atoms with E-state index < -0.39 is 0 Å². The molecule has 0 aromatic carbocycles. The van der Waals surface area contributed by atoms with Gasteiger partial charge in [-0.05, 0) is 32.6 Å². The smallest absolute Gasteiger partial charge is 0.312 e. The van der Waals surface area contributed by atoms with Gasteiger partial charge in [-0.3, -0.25) is 4.79 Å². The van der Waals surface area contributed by atoms with E-state index in [4.69, 9.17) is 4.74 Å². The van der Waals surface area contributed by atoms with Crippen LogP contribution in [0.1, 0.15) is 51.9 Å². The summed E-state index contributed by atoms with van der Waals surface area (Å²) in [7, 11) is 0. The second-order valence-corrected chi connectivity index (χ2v) is 5.15. The van der Waals surface area contributed by atoms with Crippen LogP contribution in [0.4, 0.5) is 0 Å². The summed E-state index contributed by atoms with van der Waals surface area (Å²) in [6, 6.07) is 0. The van der Waals surface area contributed by atoms with Gasteiger partial charge in [-0.1, -0.05) is 35.2 Å². The summed E-state index contributed by atoms with van der Waals surface area (Å²) in [5.41, 5.74) is -0.151. The maximum absolute atomic E-state index is 12.0. The van der Waals surface area contributed by atoms with E-state index in [1.807, 2.05) is 6.92 Å². The van der Waals surface area contributed by atoms with Gasteiger partial charge in [-0.25, -0.2) is 0 Å². The molecule has 1 fully saturated rings. The Hall–Kier alpha value is -0.0500. The highest BCUT2D eigenvalue weighted by atomic mass is 79.9.